The lowest BCUT2D eigenvalue weighted by Crippen LogP contribution is -2.34. The number of ether oxygens (including phenoxy) is 2. The van der Waals surface area contributed by atoms with E-state index in [0.717, 1.165) is 0 Å². The summed E-state index contributed by atoms with van der Waals surface area (Å²) >= 11 is 0. The zero-order valence-corrected chi connectivity index (χ0v) is 9.36. The molecule has 1 saturated heterocycles. The van der Waals surface area contributed by atoms with Gasteiger partial charge in [0.05, 0.1) is 19.3 Å². The topological polar surface area (TPSA) is 48.0 Å². The maximum absolute atomic E-state index is 11.3. The molecule has 0 spiro atoms. The largest absolute Gasteiger partial charge is 0.416 e. The van der Waals surface area contributed by atoms with Crippen molar-refractivity contribution in [3.63, 3.8) is 0 Å². The summed E-state index contributed by atoms with van der Waals surface area (Å²) in [5, 5.41) is 1.52. The van der Waals surface area contributed by atoms with Crippen molar-refractivity contribution in [3.8, 4) is 0 Å². The molecular formula is C10H17NO4. The van der Waals surface area contributed by atoms with Gasteiger partial charge in [-0.1, -0.05) is 6.58 Å². The van der Waals surface area contributed by atoms with E-state index in [4.69, 9.17) is 14.3 Å². The number of carbonyl (C=O) groups excluding carboxylic acids is 1. The molecule has 86 valence electrons. The Hall–Kier alpha value is -0.910. The maximum Gasteiger partial charge on any atom is 0.336 e. The molecule has 0 saturated carbocycles. The Morgan fingerprint density at radius 3 is 2.87 bits per heavy atom. The molecule has 1 fully saturated rings. The summed E-state index contributed by atoms with van der Waals surface area (Å²) in [7, 11) is 0. The molecule has 2 atom stereocenters. The van der Waals surface area contributed by atoms with E-state index in [1.807, 2.05) is 13.8 Å². The van der Waals surface area contributed by atoms with Crippen molar-refractivity contribution in [1.82, 2.24) is 5.06 Å². The van der Waals surface area contributed by atoms with Gasteiger partial charge >= 0.3 is 5.97 Å². The fourth-order valence-corrected chi connectivity index (χ4v) is 1.21. The minimum absolute atomic E-state index is 0.0144. The summed E-state index contributed by atoms with van der Waals surface area (Å²) in [5.41, 5.74) is 0.342. The van der Waals surface area contributed by atoms with Gasteiger partial charge in [0.25, 0.3) is 6.41 Å². The lowest BCUT2D eigenvalue weighted by molar-refractivity contribution is -0.282. The van der Waals surface area contributed by atoms with Gasteiger partial charge in [0, 0.05) is 5.57 Å². The molecular weight excluding hydrogens is 198 g/mol. The predicted octanol–water partition coefficient (Wildman–Crippen LogP) is 1.06. The minimum Gasteiger partial charge on any atom is -0.416 e. The number of nitrogens with zero attached hydrogens (tertiary/aromatic N) is 1. The minimum atomic E-state index is -0.760. The first-order valence-electron chi connectivity index (χ1n) is 4.96. The summed E-state index contributed by atoms with van der Waals surface area (Å²) in [6.07, 6.45) is -0.774. The third kappa shape index (κ3) is 3.30. The Morgan fingerprint density at radius 2 is 2.33 bits per heavy atom. The van der Waals surface area contributed by atoms with Gasteiger partial charge in [-0.3, -0.25) is 4.84 Å². The van der Waals surface area contributed by atoms with Gasteiger partial charge in [-0.25, -0.2) is 4.79 Å². The Morgan fingerprint density at radius 1 is 1.67 bits per heavy atom. The van der Waals surface area contributed by atoms with Gasteiger partial charge < -0.3 is 9.47 Å². The third-order valence-electron chi connectivity index (χ3n) is 1.87. The molecule has 0 amide bonds. The fourth-order valence-electron chi connectivity index (χ4n) is 1.21. The van der Waals surface area contributed by atoms with Crippen LogP contribution in [0, 0.1) is 0 Å². The van der Waals surface area contributed by atoms with Crippen LogP contribution in [0.15, 0.2) is 12.2 Å². The van der Waals surface area contributed by atoms with Crippen LogP contribution in [-0.2, 0) is 19.1 Å². The van der Waals surface area contributed by atoms with Crippen LogP contribution in [0.1, 0.15) is 20.8 Å². The normalized spacial score (nSPS) is 26.6. The van der Waals surface area contributed by atoms with Crippen LogP contribution in [0.5, 0.6) is 0 Å². The molecule has 0 radical (unpaired) electrons. The molecule has 0 aromatic rings. The SMILES string of the molecule is C=C(C)C(=O)OC1OC(C)CN1OCC. The number of hydrogen-bond donors (Lipinski definition) is 0. The summed E-state index contributed by atoms with van der Waals surface area (Å²) in [6.45, 7) is 9.93. The monoisotopic (exact) mass is 215 g/mol. The smallest absolute Gasteiger partial charge is 0.336 e. The Kier molecular flexibility index (Phi) is 4.26. The maximum atomic E-state index is 11.3. The summed E-state index contributed by atoms with van der Waals surface area (Å²) in [4.78, 5) is 16.5. The fraction of sp³-hybridized carbons (Fsp3) is 0.700. The van der Waals surface area contributed by atoms with Crippen molar-refractivity contribution in [2.45, 2.75) is 33.3 Å². The highest BCUT2D eigenvalue weighted by atomic mass is 16.8. The molecule has 5 heteroatoms. The number of esters is 1. The van der Waals surface area contributed by atoms with Crippen molar-refractivity contribution >= 4 is 5.97 Å². The molecule has 0 bridgehead atoms. The Balaban J connectivity index is 2.51. The molecule has 0 aromatic carbocycles. The summed E-state index contributed by atoms with van der Waals surface area (Å²) in [6, 6.07) is 0. The van der Waals surface area contributed by atoms with Gasteiger partial charge in [0.1, 0.15) is 0 Å². The summed E-state index contributed by atoms with van der Waals surface area (Å²) in [5.74, 6) is -0.473. The van der Waals surface area contributed by atoms with E-state index in [-0.39, 0.29) is 6.10 Å². The highest BCUT2D eigenvalue weighted by molar-refractivity contribution is 5.86. The van der Waals surface area contributed by atoms with Gasteiger partial charge in [0.15, 0.2) is 0 Å². The van der Waals surface area contributed by atoms with Crippen molar-refractivity contribution < 1.29 is 19.1 Å². The lowest BCUT2D eigenvalue weighted by Gasteiger charge is -2.20. The average molecular weight is 215 g/mol. The number of carbonyl (C=O) groups is 1. The van der Waals surface area contributed by atoms with Crippen LogP contribution in [0.3, 0.4) is 0 Å². The quantitative estimate of drug-likeness (QED) is 0.518. The van der Waals surface area contributed by atoms with E-state index in [9.17, 15) is 4.79 Å². The molecule has 0 aliphatic carbocycles. The summed E-state index contributed by atoms with van der Waals surface area (Å²) < 4.78 is 10.4. The van der Waals surface area contributed by atoms with Gasteiger partial charge in [-0.2, -0.15) is 0 Å². The first-order chi connectivity index (χ1) is 7.04. The highest BCUT2D eigenvalue weighted by Gasteiger charge is 2.34. The van der Waals surface area contributed by atoms with Crippen LogP contribution in [0.25, 0.3) is 0 Å². The third-order valence-corrected chi connectivity index (χ3v) is 1.87. The molecule has 1 heterocycles. The number of hydrogen-bond acceptors (Lipinski definition) is 5. The van der Waals surface area contributed by atoms with Crippen molar-refractivity contribution in [2.75, 3.05) is 13.2 Å². The van der Waals surface area contributed by atoms with Crippen LogP contribution in [0.2, 0.25) is 0 Å². The van der Waals surface area contributed by atoms with Crippen LogP contribution < -0.4 is 0 Å². The van der Waals surface area contributed by atoms with E-state index < -0.39 is 12.4 Å². The van der Waals surface area contributed by atoms with Gasteiger partial charge in [-0.05, 0) is 20.8 Å². The van der Waals surface area contributed by atoms with Crippen LogP contribution in [0.4, 0.5) is 0 Å². The molecule has 1 rings (SSSR count). The second-order valence-corrected chi connectivity index (χ2v) is 3.46. The second kappa shape index (κ2) is 5.25. The molecule has 15 heavy (non-hydrogen) atoms. The number of hydroxylamine groups is 2. The standard InChI is InChI=1S/C10H17NO4/c1-5-13-11-6-8(4)14-10(11)15-9(12)7(2)3/h8,10H,2,5-6H2,1,3-4H3. The zero-order chi connectivity index (χ0) is 11.4. The van der Waals surface area contributed by atoms with Gasteiger partial charge in [0.2, 0.25) is 0 Å². The first-order valence-corrected chi connectivity index (χ1v) is 4.96. The van der Waals surface area contributed by atoms with Crippen LogP contribution >= 0.6 is 0 Å². The molecule has 1 aliphatic rings. The lowest BCUT2D eigenvalue weighted by atomic mass is 10.4. The van der Waals surface area contributed by atoms with E-state index in [0.29, 0.717) is 18.7 Å². The first kappa shape index (κ1) is 12.2. The molecule has 5 nitrogen and oxygen atoms in total. The second-order valence-electron chi connectivity index (χ2n) is 3.46. The molecule has 0 aromatic heterocycles. The van der Waals surface area contributed by atoms with Crippen molar-refractivity contribution in [2.24, 2.45) is 0 Å². The van der Waals surface area contributed by atoms with Crippen molar-refractivity contribution in [3.05, 3.63) is 12.2 Å². The zero-order valence-electron chi connectivity index (χ0n) is 9.36. The van der Waals surface area contributed by atoms with E-state index >= 15 is 0 Å². The van der Waals surface area contributed by atoms with Gasteiger partial charge in [-0.15, -0.1) is 5.06 Å². The molecule has 1 aliphatic heterocycles. The van der Waals surface area contributed by atoms with E-state index in [1.54, 1.807) is 6.92 Å². The number of rotatable bonds is 4. The van der Waals surface area contributed by atoms with Crippen LogP contribution in [-0.4, -0.2) is 36.7 Å². The molecule has 0 N–H and O–H groups in total. The predicted molar refractivity (Wildman–Crippen MR) is 53.6 cm³/mol. The molecule has 2 unspecified atom stereocenters. The average Bonchev–Trinajstić information content (AvgIpc) is 2.47. The van der Waals surface area contributed by atoms with E-state index in [1.165, 1.54) is 5.06 Å². The highest BCUT2D eigenvalue weighted by Crippen LogP contribution is 2.18. The van der Waals surface area contributed by atoms with Crippen molar-refractivity contribution in [1.29, 1.82) is 0 Å². The Bertz CT molecular complexity index is 254. The Labute approximate surface area is 89.5 Å². The van der Waals surface area contributed by atoms with E-state index in [2.05, 4.69) is 6.58 Å².